The van der Waals surface area contributed by atoms with Gasteiger partial charge in [0.2, 0.25) is 0 Å². The Bertz CT molecular complexity index is 778. The number of amides is 1. The minimum Gasteiger partial charge on any atom is -0.398 e. The molecule has 0 bridgehead atoms. The number of nitrogen functional groups attached to an aromatic ring is 1. The second-order valence-electron chi connectivity index (χ2n) is 5.91. The SMILES string of the molecule is Cl.Cl.Nc1ccccc1C(=O)N1CCN(c2cccc(C(F)(F)F)c2)CC1. The van der Waals surface area contributed by atoms with Gasteiger partial charge in [0.15, 0.2) is 0 Å². The number of piperazine rings is 1. The fourth-order valence-corrected chi connectivity index (χ4v) is 2.91. The van der Waals surface area contributed by atoms with Crippen molar-refractivity contribution >= 4 is 42.1 Å². The van der Waals surface area contributed by atoms with E-state index in [4.69, 9.17) is 5.73 Å². The van der Waals surface area contributed by atoms with Gasteiger partial charge < -0.3 is 15.5 Å². The lowest BCUT2D eigenvalue weighted by molar-refractivity contribution is -0.137. The van der Waals surface area contributed by atoms with Crippen molar-refractivity contribution in [2.45, 2.75) is 6.18 Å². The first kappa shape index (κ1) is 22.9. The molecule has 1 amide bonds. The Morgan fingerprint density at radius 2 is 1.56 bits per heavy atom. The number of para-hydroxylation sites is 1. The molecule has 1 saturated heterocycles. The Kier molecular flexibility index (Phi) is 7.80. The maximum Gasteiger partial charge on any atom is 0.416 e. The lowest BCUT2D eigenvalue weighted by Gasteiger charge is -2.36. The van der Waals surface area contributed by atoms with Crippen LogP contribution in [0.4, 0.5) is 24.5 Å². The summed E-state index contributed by atoms with van der Waals surface area (Å²) in [6.07, 6.45) is -4.36. The number of nitrogens with two attached hydrogens (primary N) is 1. The van der Waals surface area contributed by atoms with Gasteiger partial charge in [0.25, 0.3) is 5.91 Å². The van der Waals surface area contributed by atoms with Crippen molar-refractivity contribution in [3.05, 3.63) is 59.7 Å². The molecule has 2 aromatic rings. The van der Waals surface area contributed by atoms with Gasteiger partial charge in [-0.15, -0.1) is 24.8 Å². The summed E-state index contributed by atoms with van der Waals surface area (Å²) in [4.78, 5) is 16.1. The molecule has 148 valence electrons. The highest BCUT2D eigenvalue weighted by Gasteiger charge is 2.31. The number of carbonyl (C=O) groups excluding carboxylic acids is 1. The average Bonchev–Trinajstić information content (AvgIpc) is 2.61. The molecule has 2 aromatic carbocycles. The van der Waals surface area contributed by atoms with Crippen molar-refractivity contribution in [3.63, 3.8) is 0 Å². The van der Waals surface area contributed by atoms with E-state index in [1.54, 1.807) is 35.2 Å². The minimum atomic E-state index is -4.36. The summed E-state index contributed by atoms with van der Waals surface area (Å²) in [5.41, 5.74) is 6.57. The van der Waals surface area contributed by atoms with Gasteiger partial charge in [0, 0.05) is 37.6 Å². The minimum absolute atomic E-state index is 0. The number of hydrogen-bond acceptors (Lipinski definition) is 3. The summed E-state index contributed by atoms with van der Waals surface area (Å²) in [5.74, 6) is -0.151. The van der Waals surface area contributed by atoms with Crippen LogP contribution in [0.25, 0.3) is 0 Å². The lowest BCUT2D eigenvalue weighted by Crippen LogP contribution is -2.49. The summed E-state index contributed by atoms with van der Waals surface area (Å²) >= 11 is 0. The quantitative estimate of drug-likeness (QED) is 0.742. The highest BCUT2D eigenvalue weighted by Crippen LogP contribution is 2.32. The van der Waals surface area contributed by atoms with E-state index in [-0.39, 0.29) is 30.7 Å². The molecule has 0 aliphatic carbocycles. The van der Waals surface area contributed by atoms with Crippen molar-refractivity contribution in [2.24, 2.45) is 0 Å². The van der Waals surface area contributed by atoms with Crippen LogP contribution >= 0.6 is 24.8 Å². The van der Waals surface area contributed by atoms with Gasteiger partial charge in [0.1, 0.15) is 0 Å². The van der Waals surface area contributed by atoms with E-state index >= 15 is 0 Å². The van der Waals surface area contributed by atoms with E-state index in [0.717, 1.165) is 12.1 Å². The topological polar surface area (TPSA) is 49.6 Å². The van der Waals surface area contributed by atoms with Gasteiger partial charge in [0.05, 0.1) is 11.1 Å². The van der Waals surface area contributed by atoms with Crippen LogP contribution in [0.2, 0.25) is 0 Å². The summed E-state index contributed by atoms with van der Waals surface area (Å²) < 4.78 is 38.5. The molecule has 1 fully saturated rings. The number of anilines is 2. The van der Waals surface area contributed by atoms with Crippen LogP contribution in [0.5, 0.6) is 0 Å². The van der Waals surface area contributed by atoms with Crippen LogP contribution < -0.4 is 10.6 Å². The third-order valence-corrected chi connectivity index (χ3v) is 4.30. The third kappa shape index (κ3) is 5.20. The Balaban J connectivity index is 0.00000182. The number of carbonyl (C=O) groups is 1. The molecule has 0 spiro atoms. The van der Waals surface area contributed by atoms with E-state index in [9.17, 15) is 18.0 Å². The highest BCUT2D eigenvalue weighted by atomic mass is 35.5. The van der Waals surface area contributed by atoms with Gasteiger partial charge in [-0.2, -0.15) is 13.2 Å². The molecule has 1 heterocycles. The molecule has 0 aromatic heterocycles. The molecule has 0 saturated carbocycles. The summed E-state index contributed by atoms with van der Waals surface area (Å²) in [7, 11) is 0. The molecule has 0 atom stereocenters. The van der Waals surface area contributed by atoms with Crippen LogP contribution in [-0.4, -0.2) is 37.0 Å². The summed E-state index contributed by atoms with van der Waals surface area (Å²) in [6, 6.07) is 12.1. The number of nitrogens with zero attached hydrogens (tertiary/aromatic N) is 2. The van der Waals surface area contributed by atoms with Gasteiger partial charge in [-0.1, -0.05) is 18.2 Å². The van der Waals surface area contributed by atoms with Crippen LogP contribution in [-0.2, 0) is 6.18 Å². The molecule has 0 radical (unpaired) electrons. The zero-order valence-corrected chi connectivity index (χ0v) is 15.9. The van der Waals surface area contributed by atoms with Crippen molar-refractivity contribution in [1.82, 2.24) is 4.90 Å². The zero-order chi connectivity index (χ0) is 18.0. The van der Waals surface area contributed by atoms with E-state index in [0.29, 0.717) is 43.1 Å². The molecule has 4 nitrogen and oxygen atoms in total. The number of benzene rings is 2. The van der Waals surface area contributed by atoms with Crippen LogP contribution in [0, 0.1) is 0 Å². The molecule has 9 heteroatoms. The maximum absolute atomic E-state index is 12.8. The monoisotopic (exact) mass is 421 g/mol. The van der Waals surface area contributed by atoms with Gasteiger partial charge in [-0.3, -0.25) is 4.79 Å². The van der Waals surface area contributed by atoms with Gasteiger partial charge in [-0.05, 0) is 30.3 Å². The first-order valence-corrected chi connectivity index (χ1v) is 7.92. The van der Waals surface area contributed by atoms with E-state index in [1.807, 2.05) is 4.90 Å². The molecule has 3 rings (SSSR count). The van der Waals surface area contributed by atoms with Crippen LogP contribution in [0.1, 0.15) is 15.9 Å². The van der Waals surface area contributed by atoms with Crippen LogP contribution in [0.3, 0.4) is 0 Å². The zero-order valence-electron chi connectivity index (χ0n) is 14.3. The largest absolute Gasteiger partial charge is 0.416 e. The standard InChI is InChI=1S/C18H18F3N3O.2ClH/c19-18(20,21)13-4-3-5-14(12-13)23-8-10-24(11-9-23)17(25)15-6-1-2-7-16(15)22;;/h1-7,12H,8-11,22H2;2*1H. The first-order chi connectivity index (χ1) is 11.9. The summed E-state index contributed by atoms with van der Waals surface area (Å²) in [6.45, 7) is 1.81. The normalized spacial score (nSPS) is 14.2. The van der Waals surface area contributed by atoms with Crippen molar-refractivity contribution in [3.8, 4) is 0 Å². The second kappa shape index (κ2) is 9.19. The Morgan fingerprint density at radius 1 is 0.926 bits per heavy atom. The van der Waals surface area contributed by atoms with Gasteiger partial charge in [-0.25, -0.2) is 0 Å². The molecular weight excluding hydrogens is 402 g/mol. The Hall–Kier alpha value is -2.12. The van der Waals surface area contributed by atoms with Crippen molar-refractivity contribution in [1.29, 1.82) is 0 Å². The molecule has 0 unspecified atom stereocenters. The first-order valence-electron chi connectivity index (χ1n) is 7.92. The Morgan fingerprint density at radius 3 is 2.15 bits per heavy atom. The predicted molar refractivity (Wildman–Crippen MR) is 105 cm³/mol. The Labute approximate surface area is 167 Å². The molecule has 1 aliphatic rings. The van der Waals surface area contributed by atoms with Crippen molar-refractivity contribution in [2.75, 3.05) is 36.8 Å². The molecule has 27 heavy (non-hydrogen) atoms. The number of alkyl halides is 3. The molecule has 1 aliphatic heterocycles. The lowest BCUT2D eigenvalue weighted by atomic mass is 10.1. The smallest absolute Gasteiger partial charge is 0.398 e. The van der Waals surface area contributed by atoms with E-state index < -0.39 is 11.7 Å². The van der Waals surface area contributed by atoms with Gasteiger partial charge >= 0.3 is 6.18 Å². The van der Waals surface area contributed by atoms with E-state index in [2.05, 4.69) is 0 Å². The maximum atomic E-state index is 12.8. The summed E-state index contributed by atoms with van der Waals surface area (Å²) in [5, 5.41) is 0. The fraction of sp³-hybridized carbons (Fsp3) is 0.278. The second-order valence-corrected chi connectivity index (χ2v) is 5.91. The number of hydrogen-bond donors (Lipinski definition) is 1. The fourth-order valence-electron chi connectivity index (χ4n) is 2.91. The molecular formula is C18H20Cl2F3N3O. The predicted octanol–water partition coefficient (Wildman–Crippen LogP) is 4.09. The van der Waals surface area contributed by atoms with Crippen LogP contribution in [0.15, 0.2) is 48.5 Å². The highest BCUT2D eigenvalue weighted by molar-refractivity contribution is 5.99. The third-order valence-electron chi connectivity index (χ3n) is 4.30. The van der Waals surface area contributed by atoms with Crippen molar-refractivity contribution < 1.29 is 18.0 Å². The number of rotatable bonds is 2. The van der Waals surface area contributed by atoms with E-state index in [1.165, 1.54) is 6.07 Å². The average molecular weight is 422 g/mol. The molecule has 2 N–H and O–H groups in total. The number of halogens is 5.